The van der Waals surface area contributed by atoms with Crippen molar-refractivity contribution in [1.29, 1.82) is 5.41 Å². The first kappa shape index (κ1) is 9.98. The van der Waals surface area contributed by atoms with E-state index >= 15 is 0 Å². The minimum Gasteiger partial charge on any atom is -0.465 e. The van der Waals surface area contributed by atoms with Gasteiger partial charge < -0.3 is 10.8 Å². The molecule has 0 aromatic rings. The molecule has 74 valence electrons. The summed E-state index contributed by atoms with van der Waals surface area (Å²) >= 11 is 0. The van der Waals surface area contributed by atoms with Crippen LogP contribution in [0.25, 0.3) is 0 Å². The number of carboxylic acid groups (broad SMARTS) is 1. The van der Waals surface area contributed by atoms with Gasteiger partial charge in [-0.3, -0.25) is 10.7 Å². The Morgan fingerprint density at radius 2 is 1.92 bits per heavy atom. The van der Waals surface area contributed by atoms with Gasteiger partial charge in [0.1, 0.15) is 5.84 Å². The maximum atomic E-state index is 10.2. The summed E-state index contributed by atoms with van der Waals surface area (Å²) in [6, 6.07) is 0.230. The molecule has 1 saturated carbocycles. The van der Waals surface area contributed by atoms with Crippen LogP contribution in [-0.2, 0) is 0 Å². The zero-order valence-electron chi connectivity index (χ0n) is 7.42. The van der Waals surface area contributed by atoms with Crippen LogP contribution in [0.4, 0.5) is 4.79 Å². The normalized spacial score (nSPS) is 28.1. The molecule has 1 fully saturated rings. The van der Waals surface area contributed by atoms with Crippen LogP contribution in [-0.4, -0.2) is 23.1 Å². The number of nitrogens with two attached hydrogens (primary N) is 1. The predicted octanol–water partition coefficient (Wildman–Crippen LogP) is 0.749. The number of amides is 1. The highest BCUT2D eigenvalue weighted by atomic mass is 16.4. The van der Waals surface area contributed by atoms with E-state index in [0.717, 1.165) is 25.7 Å². The highest BCUT2D eigenvalue weighted by Gasteiger charge is 2.22. The summed E-state index contributed by atoms with van der Waals surface area (Å²) in [4.78, 5) is 10.2. The number of carbonyl (C=O) groups is 1. The fraction of sp³-hybridized carbons (Fsp3) is 0.750. The average molecular weight is 185 g/mol. The maximum Gasteiger partial charge on any atom is 0.410 e. The second kappa shape index (κ2) is 4.23. The molecule has 0 bridgehead atoms. The SMILES string of the molecule is N=C(NC(=O)O)[C@H]1CC[C@H](N)CC1. The standard InChI is InChI=1S/C8H15N3O2/c9-6-3-1-5(2-4-6)7(10)11-8(12)13/h5-6H,1-4,9H2,(H2,10,11)(H,12,13)/t5-,6-. The van der Waals surface area contributed by atoms with Gasteiger partial charge in [0.15, 0.2) is 0 Å². The smallest absolute Gasteiger partial charge is 0.410 e. The van der Waals surface area contributed by atoms with Crippen LogP contribution >= 0.6 is 0 Å². The minimum absolute atomic E-state index is 0.0518. The molecule has 1 aliphatic carbocycles. The third-order valence-corrected chi connectivity index (χ3v) is 2.42. The molecule has 0 radical (unpaired) electrons. The second-order valence-electron chi connectivity index (χ2n) is 3.46. The number of hydrogen-bond donors (Lipinski definition) is 4. The molecule has 0 saturated heterocycles. The minimum atomic E-state index is -1.15. The average Bonchev–Trinajstić information content (AvgIpc) is 2.04. The Hall–Kier alpha value is -1.10. The third-order valence-electron chi connectivity index (χ3n) is 2.42. The molecule has 5 heteroatoms. The van der Waals surface area contributed by atoms with Crippen LogP contribution in [0.15, 0.2) is 0 Å². The number of nitrogens with one attached hydrogen (secondary N) is 2. The zero-order chi connectivity index (χ0) is 9.84. The van der Waals surface area contributed by atoms with E-state index in [1.807, 2.05) is 0 Å². The highest BCUT2D eigenvalue weighted by Crippen LogP contribution is 2.23. The van der Waals surface area contributed by atoms with Crippen molar-refractivity contribution in [3.63, 3.8) is 0 Å². The van der Waals surface area contributed by atoms with Gasteiger partial charge in [0.2, 0.25) is 0 Å². The van der Waals surface area contributed by atoms with E-state index in [1.165, 1.54) is 0 Å². The second-order valence-corrected chi connectivity index (χ2v) is 3.46. The van der Waals surface area contributed by atoms with Crippen LogP contribution in [0.5, 0.6) is 0 Å². The van der Waals surface area contributed by atoms with Crippen molar-refractivity contribution in [1.82, 2.24) is 5.32 Å². The van der Waals surface area contributed by atoms with E-state index < -0.39 is 6.09 Å². The van der Waals surface area contributed by atoms with Crippen molar-refractivity contribution >= 4 is 11.9 Å². The molecule has 1 rings (SSSR count). The van der Waals surface area contributed by atoms with Crippen LogP contribution in [0, 0.1) is 11.3 Å². The quantitative estimate of drug-likeness (QED) is 0.358. The van der Waals surface area contributed by atoms with E-state index in [9.17, 15) is 4.79 Å². The van der Waals surface area contributed by atoms with Gasteiger partial charge in [-0.25, -0.2) is 4.79 Å². The fourth-order valence-corrected chi connectivity index (χ4v) is 1.63. The summed E-state index contributed by atoms with van der Waals surface area (Å²) in [6.07, 6.45) is 2.25. The molecule has 0 atom stereocenters. The van der Waals surface area contributed by atoms with Crippen molar-refractivity contribution in [3.8, 4) is 0 Å². The van der Waals surface area contributed by atoms with Crippen molar-refractivity contribution in [3.05, 3.63) is 0 Å². The molecule has 5 nitrogen and oxygen atoms in total. The molecule has 0 heterocycles. The summed E-state index contributed by atoms with van der Waals surface area (Å²) in [5.41, 5.74) is 5.69. The first-order valence-electron chi connectivity index (χ1n) is 4.43. The van der Waals surface area contributed by atoms with Crippen LogP contribution < -0.4 is 11.1 Å². The van der Waals surface area contributed by atoms with E-state index in [4.69, 9.17) is 16.2 Å². The van der Waals surface area contributed by atoms with Gasteiger partial charge in [0.05, 0.1) is 0 Å². The molecule has 1 amide bonds. The molecule has 0 aromatic carbocycles. The Labute approximate surface area is 76.8 Å². The van der Waals surface area contributed by atoms with E-state index in [2.05, 4.69) is 5.32 Å². The van der Waals surface area contributed by atoms with Gasteiger partial charge in [-0.1, -0.05) is 0 Å². The lowest BCUT2D eigenvalue weighted by Crippen LogP contribution is -2.38. The molecule has 5 N–H and O–H groups in total. The lowest BCUT2D eigenvalue weighted by atomic mass is 9.86. The first-order valence-corrected chi connectivity index (χ1v) is 4.43. The predicted molar refractivity (Wildman–Crippen MR) is 48.8 cm³/mol. The van der Waals surface area contributed by atoms with Crippen LogP contribution in [0.3, 0.4) is 0 Å². The Morgan fingerprint density at radius 1 is 1.38 bits per heavy atom. The molecule has 0 aliphatic heterocycles. The summed E-state index contributed by atoms with van der Waals surface area (Å²) < 4.78 is 0. The Morgan fingerprint density at radius 3 is 2.38 bits per heavy atom. The van der Waals surface area contributed by atoms with Gasteiger partial charge in [0, 0.05) is 12.0 Å². The van der Waals surface area contributed by atoms with Gasteiger partial charge in [-0.15, -0.1) is 0 Å². The highest BCUT2D eigenvalue weighted by molar-refractivity contribution is 5.94. The van der Waals surface area contributed by atoms with Crippen molar-refractivity contribution < 1.29 is 9.90 Å². The maximum absolute atomic E-state index is 10.2. The lowest BCUT2D eigenvalue weighted by Gasteiger charge is -2.25. The van der Waals surface area contributed by atoms with Gasteiger partial charge >= 0.3 is 6.09 Å². The fourth-order valence-electron chi connectivity index (χ4n) is 1.63. The Kier molecular flexibility index (Phi) is 3.25. The monoisotopic (exact) mass is 185 g/mol. The third kappa shape index (κ3) is 3.02. The molecule has 13 heavy (non-hydrogen) atoms. The largest absolute Gasteiger partial charge is 0.465 e. The molecule has 0 aromatic heterocycles. The first-order chi connectivity index (χ1) is 6.09. The van der Waals surface area contributed by atoms with Crippen LogP contribution in [0.2, 0.25) is 0 Å². The van der Waals surface area contributed by atoms with Crippen molar-refractivity contribution in [2.45, 2.75) is 31.7 Å². The summed E-state index contributed by atoms with van der Waals surface area (Å²) in [5, 5.41) is 17.9. The Balaban J connectivity index is 2.36. The zero-order valence-corrected chi connectivity index (χ0v) is 7.42. The molecule has 1 aliphatic rings. The molecule has 0 spiro atoms. The van der Waals surface area contributed by atoms with Gasteiger partial charge in [-0.05, 0) is 25.7 Å². The van der Waals surface area contributed by atoms with Crippen molar-refractivity contribution in [2.24, 2.45) is 11.7 Å². The molecular formula is C8H15N3O2. The summed E-state index contributed by atoms with van der Waals surface area (Å²) in [5.74, 6) is 0.162. The van der Waals surface area contributed by atoms with Crippen LogP contribution in [0.1, 0.15) is 25.7 Å². The van der Waals surface area contributed by atoms with Gasteiger partial charge in [-0.2, -0.15) is 0 Å². The molecular weight excluding hydrogens is 170 g/mol. The number of rotatable bonds is 1. The summed E-state index contributed by atoms with van der Waals surface area (Å²) in [6.45, 7) is 0. The summed E-state index contributed by atoms with van der Waals surface area (Å²) in [7, 11) is 0. The van der Waals surface area contributed by atoms with E-state index in [1.54, 1.807) is 0 Å². The topological polar surface area (TPSA) is 99.2 Å². The van der Waals surface area contributed by atoms with Crippen molar-refractivity contribution in [2.75, 3.05) is 0 Å². The molecule has 0 unspecified atom stereocenters. The van der Waals surface area contributed by atoms with E-state index in [0.29, 0.717) is 0 Å². The lowest BCUT2D eigenvalue weighted by molar-refractivity contribution is 0.199. The van der Waals surface area contributed by atoms with E-state index in [-0.39, 0.29) is 17.8 Å². The number of hydrogen-bond acceptors (Lipinski definition) is 3. The Bertz CT molecular complexity index is 209. The van der Waals surface area contributed by atoms with Gasteiger partial charge in [0.25, 0.3) is 0 Å². The number of amidine groups is 1.